The molecule has 0 N–H and O–H groups in total. The van der Waals surface area contributed by atoms with E-state index in [1.165, 1.54) is 4.90 Å². The molecule has 5 nitrogen and oxygen atoms in total. The van der Waals surface area contributed by atoms with Crippen LogP contribution in [0.3, 0.4) is 0 Å². The molecule has 0 bridgehead atoms. The number of nitrogens with zero attached hydrogens (tertiary/aromatic N) is 1. The second kappa shape index (κ2) is 5.72. The molecule has 2 aliphatic rings. The normalized spacial score (nSPS) is 23.7. The first kappa shape index (κ1) is 15.0. The first-order chi connectivity index (χ1) is 10.6. The number of carbonyl (C=O) groups excluding carboxylic acids is 2. The molecule has 1 amide bonds. The van der Waals surface area contributed by atoms with Crippen LogP contribution < -0.4 is 5.11 Å². The van der Waals surface area contributed by atoms with Gasteiger partial charge in [-0.2, -0.15) is 0 Å². The van der Waals surface area contributed by atoms with Crippen LogP contribution in [0.15, 0.2) is 24.3 Å². The molecule has 2 fully saturated rings. The van der Waals surface area contributed by atoms with E-state index in [1.807, 2.05) is 19.1 Å². The minimum absolute atomic E-state index is 0.0138. The molecule has 3 rings (SSSR count). The van der Waals surface area contributed by atoms with Gasteiger partial charge in [0, 0.05) is 5.56 Å². The van der Waals surface area contributed by atoms with Gasteiger partial charge in [0.1, 0.15) is 5.72 Å². The summed E-state index contributed by atoms with van der Waals surface area (Å²) in [4.78, 5) is 25.9. The zero-order chi connectivity index (χ0) is 15.7. The van der Waals surface area contributed by atoms with E-state index in [2.05, 4.69) is 0 Å². The van der Waals surface area contributed by atoms with Gasteiger partial charge in [-0.05, 0) is 44.2 Å². The number of carboxylic acids is 1. The van der Waals surface area contributed by atoms with Gasteiger partial charge in [0.15, 0.2) is 0 Å². The SMILES string of the molecule is Cc1ccccc1C(=O)N1[C@@H](C(=O)[O-])COC12CCCCC2. The number of hydrogen-bond donors (Lipinski definition) is 0. The van der Waals surface area contributed by atoms with Crippen LogP contribution in [0, 0.1) is 6.92 Å². The van der Waals surface area contributed by atoms with Crippen molar-refractivity contribution < 1.29 is 19.4 Å². The third-order valence-corrected chi connectivity index (χ3v) is 4.76. The third-order valence-electron chi connectivity index (χ3n) is 4.76. The maximum Gasteiger partial charge on any atom is 0.257 e. The van der Waals surface area contributed by atoms with E-state index in [0.29, 0.717) is 18.4 Å². The topological polar surface area (TPSA) is 69.7 Å². The van der Waals surface area contributed by atoms with Crippen LogP contribution in [-0.4, -0.2) is 35.2 Å². The number of ether oxygens (including phenoxy) is 1. The highest BCUT2D eigenvalue weighted by molar-refractivity contribution is 5.98. The van der Waals surface area contributed by atoms with Gasteiger partial charge in [-0.3, -0.25) is 9.69 Å². The van der Waals surface area contributed by atoms with Crippen molar-refractivity contribution in [3.8, 4) is 0 Å². The molecule has 1 aromatic carbocycles. The molecule has 1 aromatic rings. The second-order valence-electron chi connectivity index (χ2n) is 6.14. The van der Waals surface area contributed by atoms with Gasteiger partial charge >= 0.3 is 0 Å². The molecule has 1 atom stereocenters. The molecule has 1 saturated heterocycles. The molecule has 5 heteroatoms. The molecule has 118 valence electrons. The van der Waals surface area contributed by atoms with Crippen molar-refractivity contribution in [1.82, 2.24) is 4.90 Å². The van der Waals surface area contributed by atoms with Gasteiger partial charge in [0.25, 0.3) is 5.91 Å². The standard InChI is InChI=1S/C17H21NO4/c1-12-7-3-4-8-13(12)15(19)18-14(16(20)21)11-22-17(18)9-5-2-6-10-17/h3-4,7-8,14H,2,5-6,9-11H2,1H3,(H,20,21)/p-1/t14-/m1/s1. The minimum Gasteiger partial charge on any atom is -0.548 e. The van der Waals surface area contributed by atoms with Crippen molar-refractivity contribution in [3.05, 3.63) is 35.4 Å². The maximum atomic E-state index is 13.0. The molecular formula is C17H20NO4-. The molecule has 1 aliphatic carbocycles. The summed E-state index contributed by atoms with van der Waals surface area (Å²) >= 11 is 0. The fourth-order valence-corrected chi connectivity index (χ4v) is 3.59. The average Bonchev–Trinajstić information content (AvgIpc) is 2.87. The highest BCUT2D eigenvalue weighted by atomic mass is 16.5. The smallest absolute Gasteiger partial charge is 0.257 e. The van der Waals surface area contributed by atoms with E-state index in [9.17, 15) is 14.7 Å². The molecule has 1 heterocycles. The van der Waals surface area contributed by atoms with Crippen molar-refractivity contribution in [2.24, 2.45) is 0 Å². The van der Waals surface area contributed by atoms with Crippen LogP contribution in [-0.2, 0) is 9.53 Å². The summed E-state index contributed by atoms with van der Waals surface area (Å²) in [5.41, 5.74) is 0.592. The van der Waals surface area contributed by atoms with Crippen LogP contribution in [0.5, 0.6) is 0 Å². The number of carboxylic acid groups (broad SMARTS) is 1. The maximum absolute atomic E-state index is 13.0. The lowest BCUT2D eigenvalue weighted by Gasteiger charge is -2.42. The van der Waals surface area contributed by atoms with Gasteiger partial charge in [-0.1, -0.05) is 24.6 Å². The van der Waals surface area contributed by atoms with E-state index >= 15 is 0 Å². The van der Waals surface area contributed by atoms with Crippen LogP contribution in [0.25, 0.3) is 0 Å². The summed E-state index contributed by atoms with van der Waals surface area (Å²) in [6.07, 6.45) is 4.35. The summed E-state index contributed by atoms with van der Waals surface area (Å²) in [6, 6.07) is 6.23. The number of aryl methyl sites for hydroxylation is 1. The Morgan fingerprint density at radius 3 is 2.55 bits per heavy atom. The van der Waals surface area contributed by atoms with E-state index in [4.69, 9.17) is 4.74 Å². The largest absolute Gasteiger partial charge is 0.548 e. The van der Waals surface area contributed by atoms with E-state index in [0.717, 1.165) is 24.8 Å². The Morgan fingerprint density at radius 2 is 1.91 bits per heavy atom. The first-order valence-electron chi connectivity index (χ1n) is 7.79. The lowest BCUT2D eigenvalue weighted by atomic mass is 9.89. The Hall–Kier alpha value is -1.88. The number of carbonyl (C=O) groups is 2. The Kier molecular flexibility index (Phi) is 3.91. The predicted molar refractivity (Wildman–Crippen MR) is 77.9 cm³/mol. The van der Waals surface area contributed by atoms with Crippen LogP contribution in [0.1, 0.15) is 48.0 Å². The van der Waals surface area contributed by atoms with Gasteiger partial charge < -0.3 is 14.6 Å². The Balaban J connectivity index is 2.00. The second-order valence-corrected chi connectivity index (χ2v) is 6.14. The lowest BCUT2D eigenvalue weighted by Crippen LogP contribution is -2.57. The summed E-state index contributed by atoms with van der Waals surface area (Å²) in [5, 5.41) is 11.5. The van der Waals surface area contributed by atoms with Crippen molar-refractivity contribution in [2.75, 3.05) is 6.61 Å². The fourth-order valence-electron chi connectivity index (χ4n) is 3.59. The highest BCUT2D eigenvalue weighted by Crippen LogP contribution is 2.41. The first-order valence-corrected chi connectivity index (χ1v) is 7.79. The number of amides is 1. The average molecular weight is 302 g/mol. The van der Waals surface area contributed by atoms with Crippen LogP contribution in [0.2, 0.25) is 0 Å². The number of aliphatic carboxylic acids is 1. The van der Waals surface area contributed by atoms with Crippen molar-refractivity contribution >= 4 is 11.9 Å². The Bertz CT molecular complexity index is 592. The molecule has 0 radical (unpaired) electrons. The summed E-state index contributed by atoms with van der Waals surface area (Å²) in [5.74, 6) is -1.52. The molecular weight excluding hydrogens is 282 g/mol. The van der Waals surface area contributed by atoms with Crippen molar-refractivity contribution in [2.45, 2.75) is 50.8 Å². The van der Waals surface area contributed by atoms with Gasteiger partial charge in [0.2, 0.25) is 0 Å². The van der Waals surface area contributed by atoms with Gasteiger partial charge in [0.05, 0.1) is 18.6 Å². The molecule has 1 aliphatic heterocycles. The Morgan fingerprint density at radius 1 is 1.23 bits per heavy atom. The van der Waals surface area contributed by atoms with Gasteiger partial charge in [-0.25, -0.2) is 0 Å². The zero-order valence-corrected chi connectivity index (χ0v) is 12.7. The van der Waals surface area contributed by atoms with E-state index < -0.39 is 17.7 Å². The number of hydrogen-bond acceptors (Lipinski definition) is 4. The third kappa shape index (κ3) is 2.39. The molecule has 0 aromatic heterocycles. The number of benzene rings is 1. The van der Waals surface area contributed by atoms with Crippen molar-refractivity contribution in [1.29, 1.82) is 0 Å². The van der Waals surface area contributed by atoms with Gasteiger partial charge in [-0.15, -0.1) is 0 Å². The monoisotopic (exact) mass is 302 g/mol. The highest BCUT2D eigenvalue weighted by Gasteiger charge is 2.51. The van der Waals surface area contributed by atoms with Crippen LogP contribution in [0.4, 0.5) is 0 Å². The van der Waals surface area contributed by atoms with E-state index in [1.54, 1.807) is 12.1 Å². The number of rotatable bonds is 2. The molecule has 1 spiro atoms. The summed E-state index contributed by atoms with van der Waals surface area (Å²) in [6.45, 7) is 1.87. The fraction of sp³-hybridized carbons (Fsp3) is 0.529. The molecule has 1 saturated carbocycles. The quantitative estimate of drug-likeness (QED) is 0.824. The lowest BCUT2D eigenvalue weighted by molar-refractivity contribution is -0.310. The summed E-state index contributed by atoms with van der Waals surface area (Å²) < 4.78 is 5.83. The minimum atomic E-state index is -1.25. The Labute approximate surface area is 129 Å². The molecule has 0 unspecified atom stereocenters. The summed E-state index contributed by atoms with van der Waals surface area (Å²) in [7, 11) is 0. The molecule has 22 heavy (non-hydrogen) atoms. The zero-order valence-electron chi connectivity index (χ0n) is 12.7. The van der Waals surface area contributed by atoms with Crippen molar-refractivity contribution in [3.63, 3.8) is 0 Å². The predicted octanol–water partition coefficient (Wildman–Crippen LogP) is 1.25. The van der Waals surface area contributed by atoms with E-state index in [-0.39, 0.29) is 12.5 Å². The van der Waals surface area contributed by atoms with Crippen LogP contribution >= 0.6 is 0 Å².